The lowest BCUT2D eigenvalue weighted by atomic mass is 9.44. The molecule has 0 spiro atoms. The van der Waals surface area contributed by atoms with Crippen LogP contribution in [0, 0.1) is 46.3 Å². The van der Waals surface area contributed by atoms with Gasteiger partial charge >= 0.3 is 5.97 Å². The number of phenols is 1. The third-order valence-electron chi connectivity index (χ3n) is 12.3. The molecule has 3 N–H and O–H groups in total. The van der Waals surface area contributed by atoms with E-state index in [1.165, 1.54) is 57.8 Å². The fraction of sp³-hybridized carbons (Fsp3) is 0.788. The van der Waals surface area contributed by atoms with Crippen LogP contribution >= 0.6 is 0 Å². The van der Waals surface area contributed by atoms with E-state index in [0.717, 1.165) is 48.0 Å². The fourth-order valence-electron chi connectivity index (χ4n) is 10.4. The summed E-state index contributed by atoms with van der Waals surface area (Å²) in [6, 6.07) is 6.66. The van der Waals surface area contributed by atoms with Crippen LogP contribution in [0.15, 0.2) is 24.3 Å². The van der Waals surface area contributed by atoms with Crippen LogP contribution in [0.2, 0.25) is 0 Å². The smallest absolute Gasteiger partial charge is 0.321 e. The van der Waals surface area contributed by atoms with Crippen LogP contribution in [-0.4, -0.2) is 28.3 Å². The summed E-state index contributed by atoms with van der Waals surface area (Å²) in [5.41, 5.74) is 1.93. The highest BCUT2D eigenvalue weighted by Crippen LogP contribution is 2.68. The van der Waals surface area contributed by atoms with Gasteiger partial charge in [0, 0.05) is 6.04 Å². The Balaban J connectivity index is 1.24. The molecule has 4 fully saturated rings. The number of carboxylic acids is 1. The molecule has 4 nitrogen and oxygen atoms in total. The predicted octanol–water partition coefficient (Wildman–Crippen LogP) is 7.44. The average Bonchev–Trinajstić information content (AvgIpc) is 3.22. The number of fused-ring (bicyclic) bond motifs is 5. The van der Waals surface area contributed by atoms with Gasteiger partial charge in [-0.2, -0.15) is 0 Å². The first kappa shape index (κ1) is 27.0. The average molecular weight is 510 g/mol. The van der Waals surface area contributed by atoms with E-state index in [1.54, 1.807) is 12.1 Å². The maximum atomic E-state index is 12.1. The summed E-state index contributed by atoms with van der Waals surface area (Å²) >= 11 is 0. The molecule has 4 aliphatic rings. The number of nitrogens with one attached hydrogen (secondary N) is 1. The van der Waals surface area contributed by atoms with Crippen molar-refractivity contribution in [3.63, 3.8) is 0 Å². The third-order valence-corrected chi connectivity index (χ3v) is 12.3. The summed E-state index contributed by atoms with van der Waals surface area (Å²) < 4.78 is 0. The van der Waals surface area contributed by atoms with Crippen molar-refractivity contribution < 1.29 is 15.0 Å². The zero-order chi connectivity index (χ0) is 26.4. The molecule has 0 heterocycles. The number of carboxylic acid groups (broad SMARTS) is 1. The maximum absolute atomic E-state index is 12.1. The molecule has 0 bridgehead atoms. The largest absolute Gasteiger partial charge is 0.508 e. The summed E-state index contributed by atoms with van der Waals surface area (Å²) in [5.74, 6) is 4.64. The van der Waals surface area contributed by atoms with E-state index in [1.807, 2.05) is 12.1 Å². The van der Waals surface area contributed by atoms with Crippen LogP contribution in [0.25, 0.3) is 0 Å². The number of rotatable bonds is 8. The van der Waals surface area contributed by atoms with Crippen molar-refractivity contribution in [1.29, 1.82) is 0 Å². The zero-order valence-corrected chi connectivity index (χ0v) is 23.7. The number of phenolic OH excluding ortho intramolecular Hbond substituents is 1. The molecule has 1 aromatic rings. The summed E-state index contributed by atoms with van der Waals surface area (Å²) in [4.78, 5) is 12.1. The minimum atomic E-state index is -0.773. The van der Waals surface area contributed by atoms with E-state index in [2.05, 4.69) is 33.0 Å². The second kappa shape index (κ2) is 10.5. The standard InChI is InChI=1S/C33H51NO3/c1-5-6-21(2)27-13-14-28-26-12-9-23-20-24(15-17-32(23,3)29(26)16-18-33(27,28)4)34-30(31(36)37)19-22-7-10-25(35)11-8-22/h7-8,10-11,21,23-24,26-30,34-35H,5-6,9,12-20H2,1-4H3,(H,36,37)/t21-,23?,24?,26?,27-,28?,29?,30+,32+,33-/m1/s1. The van der Waals surface area contributed by atoms with Crippen LogP contribution in [-0.2, 0) is 11.2 Å². The molecule has 5 rings (SSSR count). The van der Waals surface area contributed by atoms with Crippen molar-refractivity contribution >= 4 is 5.97 Å². The van der Waals surface area contributed by atoms with Crippen molar-refractivity contribution in [3.05, 3.63) is 29.8 Å². The molecule has 1 aromatic carbocycles. The Morgan fingerprint density at radius 2 is 1.70 bits per heavy atom. The van der Waals surface area contributed by atoms with E-state index in [4.69, 9.17) is 0 Å². The number of benzene rings is 1. The third kappa shape index (κ3) is 4.97. The molecule has 0 aromatic heterocycles. The van der Waals surface area contributed by atoms with Crippen LogP contribution < -0.4 is 5.32 Å². The quantitative estimate of drug-likeness (QED) is 0.340. The van der Waals surface area contributed by atoms with E-state index in [0.29, 0.717) is 23.2 Å². The Kier molecular flexibility index (Phi) is 7.71. The molecule has 0 saturated heterocycles. The monoisotopic (exact) mass is 509 g/mol. The van der Waals surface area contributed by atoms with E-state index >= 15 is 0 Å². The first-order chi connectivity index (χ1) is 17.7. The topological polar surface area (TPSA) is 69.6 Å². The van der Waals surface area contributed by atoms with E-state index in [-0.39, 0.29) is 11.8 Å². The van der Waals surface area contributed by atoms with Gasteiger partial charge in [0.05, 0.1) is 0 Å². The zero-order valence-electron chi connectivity index (χ0n) is 23.7. The summed E-state index contributed by atoms with van der Waals surface area (Å²) in [6.07, 6.45) is 15.1. The second-order valence-electron chi connectivity index (χ2n) is 14.1. The Bertz CT molecular complexity index is 945. The van der Waals surface area contributed by atoms with Gasteiger partial charge in [-0.1, -0.05) is 52.7 Å². The molecule has 5 unspecified atom stereocenters. The van der Waals surface area contributed by atoms with Gasteiger partial charge in [-0.3, -0.25) is 4.79 Å². The number of carbonyl (C=O) groups is 1. The molecular weight excluding hydrogens is 458 g/mol. The molecule has 4 saturated carbocycles. The Morgan fingerprint density at radius 3 is 2.41 bits per heavy atom. The summed E-state index contributed by atoms with van der Waals surface area (Å²) in [5, 5.41) is 23.1. The van der Waals surface area contributed by atoms with Gasteiger partial charge < -0.3 is 15.5 Å². The van der Waals surface area contributed by atoms with E-state index < -0.39 is 12.0 Å². The fourth-order valence-corrected chi connectivity index (χ4v) is 10.4. The lowest BCUT2D eigenvalue weighted by Crippen LogP contribution is -2.56. The van der Waals surface area contributed by atoms with Crippen molar-refractivity contribution in [2.45, 2.75) is 117 Å². The molecule has 4 heteroatoms. The molecule has 0 amide bonds. The van der Waals surface area contributed by atoms with Gasteiger partial charge in [0.1, 0.15) is 11.8 Å². The highest BCUT2D eigenvalue weighted by atomic mass is 16.4. The number of aliphatic carboxylic acids is 1. The lowest BCUT2D eigenvalue weighted by Gasteiger charge is -2.61. The van der Waals surface area contributed by atoms with Crippen LogP contribution in [0.1, 0.15) is 104 Å². The van der Waals surface area contributed by atoms with Gasteiger partial charge in [-0.05, 0) is 128 Å². The molecular formula is C33H51NO3. The lowest BCUT2D eigenvalue weighted by molar-refractivity contribution is -0.140. The van der Waals surface area contributed by atoms with Gasteiger partial charge in [-0.15, -0.1) is 0 Å². The second-order valence-corrected chi connectivity index (χ2v) is 14.1. The minimum Gasteiger partial charge on any atom is -0.508 e. The van der Waals surface area contributed by atoms with Crippen molar-refractivity contribution in [2.24, 2.45) is 46.3 Å². The van der Waals surface area contributed by atoms with Crippen molar-refractivity contribution in [2.75, 3.05) is 0 Å². The van der Waals surface area contributed by atoms with Gasteiger partial charge in [0.2, 0.25) is 0 Å². The van der Waals surface area contributed by atoms with Crippen molar-refractivity contribution in [1.82, 2.24) is 5.32 Å². The molecule has 0 aliphatic heterocycles. The highest BCUT2D eigenvalue weighted by Gasteiger charge is 2.60. The maximum Gasteiger partial charge on any atom is 0.321 e. The van der Waals surface area contributed by atoms with Gasteiger partial charge in [0.15, 0.2) is 0 Å². The Morgan fingerprint density at radius 1 is 1.00 bits per heavy atom. The number of hydrogen-bond acceptors (Lipinski definition) is 3. The first-order valence-corrected chi connectivity index (χ1v) is 15.4. The Labute approximate surface area is 225 Å². The van der Waals surface area contributed by atoms with Crippen LogP contribution in [0.5, 0.6) is 5.75 Å². The molecule has 4 aliphatic carbocycles. The predicted molar refractivity (Wildman–Crippen MR) is 149 cm³/mol. The molecule has 206 valence electrons. The van der Waals surface area contributed by atoms with Gasteiger partial charge in [0.25, 0.3) is 0 Å². The first-order valence-electron chi connectivity index (χ1n) is 15.4. The molecule has 10 atom stereocenters. The van der Waals surface area contributed by atoms with E-state index in [9.17, 15) is 15.0 Å². The number of hydrogen-bond donors (Lipinski definition) is 3. The normalized spacial score (nSPS) is 40.8. The van der Waals surface area contributed by atoms with Crippen LogP contribution in [0.4, 0.5) is 0 Å². The van der Waals surface area contributed by atoms with Crippen LogP contribution in [0.3, 0.4) is 0 Å². The summed E-state index contributed by atoms with van der Waals surface area (Å²) in [6.45, 7) is 10.2. The SMILES string of the molecule is CCC[C@@H](C)[C@H]1CCC2C3CCC4CC(N[C@@H](Cc5ccc(O)cc5)C(=O)O)CC[C@]4(C)C3CC[C@@]21C. The molecule has 0 radical (unpaired) electrons. The Hall–Kier alpha value is -1.55. The number of aromatic hydroxyl groups is 1. The highest BCUT2D eigenvalue weighted by molar-refractivity contribution is 5.74. The van der Waals surface area contributed by atoms with Crippen molar-refractivity contribution in [3.8, 4) is 5.75 Å². The summed E-state index contributed by atoms with van der Waals surface area (Å²) in [7, 11) is 0. The van der Waals surface area contributed by atoms with Gasteiger partial charge in [-0.25, -0.2) is 0 Å². The molecule has 37 heavy (non-hydrogen) atoms. The minimum absolute atomic E-state index is 0.220.